The molecule has 1 fully saturated rings. The van der Waals surface area contributed by atoms with E-state index < -0.39 is 0 Å². The molecule has 1 aliphatic rings. The minimum atomic E-state index is 0.648. The predicted molar refractivity (Wildman–Crippen MR) is 61.1 cm³/mol. The molecule has 0 bridgehead atoms. The highest BCUT2D eigenvalue weighted by molar-refractivity contribution is 5.49. The Kier molecular flexibility index (Phi) is 3.00. The molecule has 74 valence electrons. The third kappa shape index (κ3) is 2.24. The van der Waals surface area contributed by atoms with E-state index in [4.69, 9.17) is 0 Å². The number of benzene rings is 1. The van der Waals surface area contributed by atoms with Crippen molar-refractivity contribution in [1.82, 2.24) is 4.90 Å². The predicted octanol–water partition coefficient (Wildman–Crippen LogP) is 2.79. The van der Waals surface area contributed by atoms with Gasteiger partial charge in [0, 0.05) is 6.04 Å². The molecule has 1 aliphatic heterocycles. The van der Waals surface area contributed by atoms with Gasteiger partial charge in [-0.25, -0.2) is 0 Å². The summed E-state index contributed by atoms with van der Waals surface area (Å²) in [5.74, 6) is 0. The standard InChI is InChI=1S/C13H17N/c1-14-11-5-8-13(14)10-9-12-6-3-2-4-7-12/h2-4,6-7,9-10,13H,5,8,11H2,1H3/b10-9+. The summed E-state index contributed by atoms with van der Waals surface area (Å²) in [6, 6.07) is 11.2. The van der Waals surface area contributed by atoms with Gasteiger partial charge in [-0.1, -0.05) is 42.5 Å². The van der Waals surface area contributed by atoms with Crippen LogP contribution in [0.25, 0.3) is 6.08 Å². The second-order valence-electron chi connectivity index (χ2n) is 3.96. The number of nitrogens with zero attached hydrogens (tertiary/aromatic N) is 1. The average Bonchev–Trinajstić information content (AvgIpc) is 2.63. The summed E-state index contributed by atoms with van der Waals surface area (Å²) in [6.07, 6.45) is 7.19. The first kappa shape index (κ1) is 9.47. The molecule has 1 aromatic rings. The van der Waals surface area contributed by atoms with Crippen LogP contribution in [0.4, 0.5) is 0 Å². The average molecular weight is 187 g/mol. The van der Waals surface area contributed by atoms with Gasteiger partial charge in [0.25, 0.3) is 0 Å². The molecule has 1 atom stereocenters. The van der Waals surface area contributed by atoms with Crippen molar-refractivity contribution in [2.75, 3.05) is 13.6 Å². The first-order valence-electron chi connectivity index (χ1n) is 5.30. The van der Waals surface area contributed by atoms with Crippen LogP contribution in [-0.2, 0) is 0 Å². The van der Waals surface area contributed by atoms with Crippen molar-refractivity contribution in [1.29, 1.82) is 0 Å². The normalized spacial score (nSPS) is 23.4. The van der Waals surface area contributed by atoms with Crippen LogP contribution in [0.5, 0.6) is 0 Å². The molecule has 0 N–H and O–H groups in total. The number of likely N-dealkylation sites (N-methyl/N-ethyl adjacent to an activating group) is 1. The summed E-state index contributed by atoms with van der Waals surface area (Å²) >= 11 is 0. The van der Waals surface area contributed by atoms with E-state index in [0.29, 0.717) is 6.04 Å². The van der Waals surface area contributed by atoms with Gasteiger partial charge in [-0.2, -0.15) is 0 Å². The van der Waals surface area contributed by atoms with E-state index in [1.165, 1.54) is 24.9 Å². The molecule has 0 aliphatic carbocycles. The Balaban J connectivity index is 2.00. The van der Waals surface area contributed by atoms with E-state index in [1.54, 1.807) is 0 Å². The molecule has 1 saturated heterocycles. The van der Waals surface area contributed by atoms with E-state index in [1.807, 2.05) is 0 Å². The molecule has 1 unspecified atom stereocenters. The summed E-state index contributed by atoms with van der Waals surface area (Å²) in [5.41, 5.74) is 1.30. The van der Waals surface area contributed by atoms with Gasteiger partial charge in [0.2, 0.25) is 0 Å². The maximum Gasteiger partial charge on any atom is 0.0278 e. The fourth-order valence-corrected chi connectivity index (χ4v) is 1.97. The molecule has 0 spiro atoms. The number of hydrogen-bond acceptors (Lipinski definition) is 1. The van der Waals surface area contributed by atoms with Crippen molar-refractivity contribution < 1.29 is 0 Å². The quantitative estimate of drug-likeness (QED) is 0.688. The van der Waals surface area contributed by atoms with Gasteiger partial charge in [-0.3, -0.25) is 4.90 Å². The fourth-order valence-electron chi connectivity index (χ4n) is 1.97. The number of likely N-dealkylation sites (tertiary alicyclic amines) is 1. The monoisotopic (exact) mass is 187 g/mol. The zero-order valence-corrected chi connectivity index (χ0v) is 8.69. The SMILES string of the molecule is CN1CCCC1/C=C/c1ccccc1. The van der Waals surface area contributed by atoms with E-state index in [2.05, 4.69) is 54.4 Å². The van der Waals surface area contributed by atoms with Crippen LogP contribution < -0.4 is 0 Å². The lowest BCUT2D eigenvalue weighted by atomic mass is 10.1. The molecule has 14 heavy (non-hydrogen) atoms. The Morgan fingerprint density at radius 1 is 1.29 bits per heavy atom. The molecule has 0 saturated carbocycles. The summed E-state index contributed by atoms with van der Waals surface area (Å²) in [6.45, 7) is 1.24. The highest BCUT2D eigenvalue weighted by Gasteiger charge is 2.17. The van der Waals surface area contributed by atoms with Crippen LogP contribution in [-0.4, -0.2) is 24.5 Å². The first-order chi connectivity index (χ1) is 6.86. The van der Waals surface area contributed by atoms with Crippen molar-refractivity contribution in [2.24, 2.45) is 0 Å². The van der Waals surface area contributed by atoms with Crippen LogP contribution in [0.2, 0.25) is 0 Å². The summed E-state index contributed by atoms with van der Waals surface area (Å²) in [5, 5.41) is 0. The molecular formula is C13H17N. The summed E-state index contributed by atoms with van der Waals surface area (Å²) in [4.78, 5) is 2.42. The number of rotatable bonds is 2. The number of hydrogen-bond donors (Lipinski definition) is 0. The van der Waals surface area contributed by atoms with Crippen molar-refractivity contribution >= 4 is 6.08 Å². The van der Waals surface area contributed by atoms with Gasteiger partial charge in [-0.05, 0) is 32.0 Å². The van der Waals surface area contributed by atoms with Crippen LogP contribution in [0.1, 0.15) is 18.4 Å². The Morgan fingerprint density at radius 2 is 2.07 bits per heavy atom. The molecule has 1 heterocycles. The maximum atomic E-state index is 2.42. The van der Waals surface area contributed by atoms with Crippen LogP contribution in [0.15, 0.2) is 36.4 Å². The van der Waals surface area contributed by atoms with Crippen molar-refractivity contribution in [3.63, 3.8) is 0 Å². The van der Waals surface area contributed by atoms with Gasteiger partial charge < -0.3 is 0 Å². The van der Waals surface area contributed by atoms with E-state index in [9.17, 15) is 0 Å². The Hall–Kier alpha value is -1.08. The second kappa shape index (κ2) is 4.43. The van der Waals surface area contributed by atoms with Crippen molar-refractivity contribution in [2.45, 2.75) is 18.9 Å². The molecule has 0 aromatic heterocycles. The Bertz CT molecular complexity index is 302. The summed E-state index contributed by atoms with van der Waals surface area (Å²) < 4.78 is 0. The van der Waals surface area contributed by atoms with E-state index in [-0.39, 0.29) is 0 Å². The third-order valence-electron chi connectivity index (χ3n) is 2.89. The van der Waals surface area contributed by atoms with Gasteiger partial charge in [0.05, 0.1) is 0 Å². The Labute approximate surface area is 86.1 Å². The lowest BCUT2D eigenvalue weighted by molar-refractivity contribution is 0.358. The summed E-state index contributed by atoms with van der Waals surface area (Å²) in [7, 11) is 2.20. The molecule has 1 nitrogen and oxygen atoms in total. The highest BCUT2D eigenvalue weighted by Crippen LogP contribution is 2.16. The van der Waals surface area contributed by atoms with Gasteiger partial charge in [0.1, 0.15) is 0 Å². The highest BCUT2D eigenvalue weighted by atomic mass is 15.1. The molecular weight excluding hydrogens is 170 g/mol. The molecule has 1 heteroatoms. The molecule has 2 rings (SSSR count). The largest absolute Gasteiger partial charge is 0.300 e. The van der Waals surface area contributed by atoms with Gasteiger partial charge >= 0.3 is 0 Å². The topological polar surface area (TPSA) is 3.24 Å². The van der Waals surface area contributed by atoms with E-state index in [0.717, 1.165) is 0 Å². The fraction of sp³-hybridized carbons (Fsp3) is 0.385. The minimum absolute atomic E-state index is 0.648. The third-order valence-corrected chi connectivity index (χ3v) is 2.89. The first-order valence-corrected chi connectivity index (χ1v) is 5.30. The van der Waals surface area contributed by atoms with Crippen LogP contribution in [0, 0.1) is 0 Å². The lowest BCUT2D eigenvalue weighted by Crippen LogP contribution is -2.22. The van der Waals surface area contributed by atoms with Gasteiger partial charge in [-0.15, -0.1) is 0 Å². The zero-order valence-electron chi connectivity index (χ0n) is 8.69. The molecule has 1 aromatic carbocycles. The van der Waals surface area contributed by atoms with Crippen LogP contribution >= 0.6 is 0 Å². The Morgan fingerprint density at radius 3 is 2.71 bits per heavy atom. The maximum absolute atomic E-state index is 2.42. The second-order valence-corrected chi connectivity index (χ2v) is 3.96. The molecule has 0 radical (unpaired) electrons. The van der Waals surface area contributed by atoms with E-state index >= 15 is 0 Å². The molecule has 0 amide bonds. The smallest absolute Gasteiger partial charge is 0.0278 e. The van der Waals surface area contributed by atoms with Crippen molar-refractivity contribution in [3.8, 4) is 0 Å². The minimum Gasteiger partial charge on any atom is -0.300 e. The lowest BCUT2D eigenvalue weighted by Gasteiger charge is -2.14. The van der Waals surface area contributed by atoms with Gasteiger partial charge in [0.15, 0.2) is 0 Å². The zero-order chi connectivity index (χ0) is 9.80. The van der Waals surface area contributed by atoms with Crippen molar-refractivity contribution in [3.05, 3.63) is 42.0 Å². The van der Waals surface area contributed by atoms with Crippen LogP contribution in [0.3, 0.4) is 0 Å².